The van der Waals surface area contributed by atoms with Gasteiger partial charge in [0.2, 0.25) is 0 Å². The molecule has 0 aliphatic rings. The van der Waals surface area contributed by atoms with Crippen LogP contribution >= 0.6 is 47.6 Å². The van der Waals surface area contributed by atoms with Crippen molar-refractivity contribution in [2.24, 2.45) is 4.99 Å². The van der Waals surface area contributed by atoms with Crippen LogP contribution in [0.15, 0.2) is 41.4 Å². The summed E-state index contributed by atoms with van der Waals surface area (Å²) in [5.41, 5.74) is 9.28. The zero-order valence-corrected chi connectivity index (χ0v) is 18.0. The summed E-state index contributed by atoms with van der Waals surface area (Å²) in [6, 6.07) is 11.4. The Morgan fingerprint density at radius 3 is 1.88 bits per heavy atom. The van der Waals surface area contributed by atoms with Crippen molar-refractivity contribution in [3.63, 3.8) is 0 Å². The molecule has 2 aromatic rings. The van der Waals surface area contributed by atoms with E-state index in [9.17, 15) is 0 Å². The van der Waals surface area contributed by atoms with Crippen LogP contribution in [-0.2, 0) is 0 Å². The average Bonchev–Trinajstić information content (AvgIpc) is 2.59. The lowest BCUT2D eigenvalue weighted by molar-refractivity contribution is 0.416. The number of anilines is 1. The largest absolute Gasteiger partial charge is 0.495 e. The summed E-state index contributed by atoms with van der Waals surface area (Å²) in [5, 5.41) is 2.31. The van der Waals surface area contributed by atoms with E-state index in [-0.39, 0.29) is 3.78 Å². The highest BCUT2D eigenvalue weighted by atomic mass is 35.5. The van der Waals surface area contributed by atoms with Gasteiger partial charge in [-0.05, 0) is 61.5 Å². The highest BCUT2D eigenvalue weighted by Gasteiger charge is 1.99. The molecule has 0 aromatic heterocycles. The van der Waals surface area contributed by atoms with E-state index in [1.54, 1.807) is 14.2 Å². The Balaban J connectivity index is 0.000000405. The lowest BCUT2D eigenvalue weighted by Gasteiger charge is -2.03. The molecule has 0 unspecified atom stereocenters. The van der Waals surface area contributed by atoms with Gasteiger partial charge >= 0.3 is 0 Å². The molecule has 0 spiro atoms. The van der Waals surface area contributed by atoms with Crippen molar-refractivity contribution in [2.75, 3.05) is 20.0 Å². The molecule has 8 heteroatoms. The van der Waals surface area contributed by atoms with Gasteiger partial charge in [-0.1, -0.05) is 47.6 Å². The number of nitrogens with zero attached hydrogens (tertiary/aromatic N) is 1. The van der Waals surface area contributed by atoms with Crippen molar-refractivity contribution in [1.29, 1.82) is 0 Å². The first-order chi connectivity index (χ1) is 12.2. The van der Waals surface area contributed by atoms with E-state index in [4.69, 9.17) is 38.4 Å². The van der Waals surface area contributed by atoms with Gasteiger partial charge < -0.3 is 15.2 Å². The molecule has 0 aliphatic carbocycles. The van der Waals surface area contributed by atoms with E-state index in [0.29, 0.717) is 5.69 Å². The fourth-order valence-electron chi connectivity index (χ4n) is 1.74. The Morgan fingerprint density at radius 1 is 1.00 bits per heavy atom. The zero-order chi connectivity index (χ0) is 20.1. The van der Waals surface area contributed by atoms with Crippen LogP contribution in [0, 0.1) is 13.8 Å². The maximum atomic E-state index is 5.57. The van der Waals surface area contributed by atoms with Gasteiger partial charge in [0.25, 0.3) is 0 Å². The molecular formula is C18H20Cl2N2O2S2. The smallest absolute Gasteiger partial charge is 0.169 e. The minimum atomic E-state index is -0.0556. The third-order valence-corrected chi connectivity index (χ3v) is 2.98. The fraction of sp³-hybridized carbons (Fsp3) is 0.222. The van der Waals surface area contributed by atoms with Crippen LogP contribution in [-0.4, -0.2) is 23.2 Å². The van der Waals surface area contributed by atoms with E-state index in [0.717, 1.165) is 28.3 Å². The number of ether oxygens (including phenoxy) is 2. The van der Waals surface area contributed by atoms with Gasteiger partial charge in [-0.3, -0.25) is 0 Å². The Morgan fingerprint density at radius 2 is 1.46 bits per heavy atom. The second-order valence-corrected chi connectivity index (χ2v) is 6.84. The van der Waals surface area contributed by atoms with E-state index in [1.165, 1.54) is 0 Å². The summed E-state index contributed by atoms with van der Waals surface area (Å²) in [4.78, 5) is 3.86. The van der Waals surface area contributed by atoms with E-state index < -0.39 is 0 Å². The predicted octanol–water partition coefficient (Wildman–Crippen LogP) is 6.07. The highest BCUT2D eigenvalue weighted by Crippen LogP contribution is 2.27. The van der Waals surface area contributed by atoms with Crippen LogP contribution in [0.25, 0.3) is 0 Å². The number of rotatable bonds is 3. The molecule has 0 saturated carbocycles. The number of nitrogens with two attached hydrogens (primary N) is 1. The van der Waals surface area contributed by atoms with Gasteiger partial charge in [0.05, 0.1) is 25.1 Å². The van der Waals surface area contributed by atoms with Crippen molar-refractivity contribution in [2.45, 2.75) is 13.8 Å². The average molecular weight is 431 g/mol. The van der Waals surface area contributed by atoms with Crippen LogP contribution in [0.4, 0.5) is 11.4 Å². The summed E-state index contributed by atoms with van der Waals surface area (Å²) >= 11 is 18.1. The van der Waals surface area contributed by atoms with Crippen LogP contribution in [0.5, 0.6) is 11.5 Å². The van der Waals surface area contributed by atoms with Gasteiger partial charge in [-0.25, -0.2) is 0 Å². The molecule has 0 radical (unpaired) electrons. The number of hydrogen-bond donors (Lipinski definition) is 1. The summed E-state index contributed by atoms with van der Waals surface area (Å²) < 4.78 is 10.0. The second kappa shape index (κ2) is 13.5. The van der Waals surface area contributed by atoms with Gasteiger partial charge in [-0.2, -0.15) is 4.99 Å². The van der Waals surface area contributed by atoms with E-state index in [1.807, 2.05) is 50.2 Å². The lowest BCUT2D eigenvalue weighted by atomic mass is 10.2. The van der Waals surface area contributed by atoms with Gasteiger partial charge in [0, 0.05) is 0 Å². The Kier molecular flexibility index (Phi) is 12.6. The van der Waals surface area contributed by atoms with E-state index in [2.05, 4.69) is 34.6 Å². The number of halogens is 2. The van der Waals surface area contributed by atoms with Crippen molar-refractivity contribution < 1.29 is 9.47 Å². The summed E-state index contributed by atoms with van der Waals surface area (Å²) in [6.07, 6.45) is 0. The molecule has 0 amide bonds. The third-order valence-electron chi connectivity index (χ3n) is 2.89. The predicted molar refractivity (Wildman–Crippen MR) is 119 cm³/mol. The summed E-state index contributed by atoms with van der Waals surface area (Å²) in [6.45, 7) is 4.00. The number of isothiocyanates is 1. The fourth-order valence-corrected chi connectivity index (χ4v) is 1.84. The van der Waals surface area contributed by atoms with Crippen molar-refractivity contribution >= 4 is 68.0 Å². The van der Waals surface area contributed by atoms with Gasteiger partial charge in [0.15, 0.2) is 3.78 Å². The number of aliphatic imine (C=N–C) groups is 1. The molecule has 2 aromatic carbocycles. The molecular weight excluding hydrogens is 411 g/mol. The molecule has 2 N–H and O–H groups in total. The Bertz CT molecular complexity index is 776. The number of hydrogen-bond acceptors (Lipinski definition) is 6. The normalized spacial score (nSPS) is 8.69. The number of methoxy groups -OCH3 is 2. The molecule has 0 heterocycles. The topological polar surface area (TPSA) is 56.8 Å². The summed E-state index contributed by atoms with van der Waals surface area (Å²) in [7, 11) is 3.22. The number of thiocarbonyl (C=S) groups is 2. The number of nitrogen functional groups attached to an aromatic ring is 1. The number of aryl methyl sites for hydroxylation is 2. The maximum Gasteiger partial charge on any atom is 0.169 e. The molecule has 4 nitrogen and oxygen atoms in total. The molecule has 0 saturated heterocycles. The SMILES string of the molecule is COc1cc(C)ccc1N.COc1cc(C)ccc1N=C=S.S=C(Cl)Cl. The first-order valence-corrected chi connectivity index (χ1v) is 8.80. The standard InChI is InChI=1S/C9H9NOS.C8H11NO.CCl2S/c1-7-3-4-8(10-6-12)9(5-7)11-2;1-6-3-4-7(9)8(5-6)10-2;2-1(3)4/h3-5H,1-2H3;3-5H,9H2,1-2H3;. The minimum absolute atomic E-state index is 0.0556. The first-order valence-electron chi connectivity index (χ1n) is 7.22. The Hall–Kier alpha value is -1.69. The minimum Gasteiger partial charge on any atom is -0.495 e. The molecule has 140 valence electrons. The van der Waals surface area contributed by atoms with Crippen LogP contribution < -0.4 is 15.2 Å². The quantitative estimate of drug-likeness (QED) is 0.277. The first kappa shape index (κ1) is 24.3. The van der Waals surface area contributed by atoms with Crippen LogP contribution in [0.2, 0.25) is 0 Å². The molecule has 0 fully saturated rings. The maximum absolute atomic E-state index is 5.57. The monoisotopic (exact) mass is 430 g/mol. The van der Waals surface area contributed by atoms with Crippen molar-refractivity contribution in [1.82, 2.24) is 0 Å². The van der Waals surface area contributed by atoms with E-state index >= 15 is 0 Å². The molecule has 0 bridgehead atoms. The molecule has 2 rings (SSSR count). The highest BCUT2D eigenvalue weighted by molar-refractivity contribution is 7.86. The zero-order valence-electron chi connectivity index (χ0n) is 14.9. The van der Waals surface area contributed by atoms with Crippen LogP contribution in [0.1, 0.15) is 11.1 Å². The van der Waals surface area contributed by atoms with Gasteiger partial charge in [-0.15, -0.1) is 0 Å². The van der Waals surface area contributed by atoms with Crippen molar-refractivity contribution in [3.05, 3.63) is 47.5 Å². The lowest BCUT2D eigenvalue weighted by Crippen LogP contribution is -1.91. The van der Waals surface area contributed by atoms with Crippen LogP contribution in [0.3, 0.4) is 0 Å². The second-order valence-electron chi connectivity index (χ2n) is 4.85. The third kappa shape index (κ3) is 10.3. The summed E-state index contributed by atoms with van der Waals surface area (Å²) in [5.74, 6) is 1.48. The number of benzene rings is 2. The molecule has 0 aliphatic heterocycles. The Labute approximate surface area is 174 Å². The molecule has 26 heavy (non-hydrogen) atoms. The van der Waals surface area contributed by atoms with Gasteiger partial charge in [0.1, 0.15) is 17.2 Å². The van der Waals surface area contributed by atoms with Crippen molar-refractivity contribution in [3.8, 4) is 11.5 Å². The molecule has 0 atom stereocenters.